The van der Waals surface area contributed by atoms with Crippen molar-refractivity contribution in [3.8, 4) is 11.6 Å². The molecule has 0 aliphatic heterocycles. The van der Waals surface area contributed by atoms with Crippen molar-refractivity contribution in [1.29, 1.82) is 0 Å². The minimum absolute atomic E-state index is 0.0418. The van der Waals surface area contributed by atoms with Crippen molar-refractivity contribution < 1.29 is 23.0 Å². The van der Waals surface area contributed by atoms with Crippen LogP contribution in [0.3, 0.4) is 0 Å². The number of aromatic hydroxyl groups is 1. The second-order valence-electron chi connectivity index (χ2n) is 2.83. The van der Waals surface area contributed by atoms with Crippen molar-refractivity contribution >= 4 is 0 Å². The number of nitrogens with zero attached hydrogens (tertiary/aromatic N) is 1. The molecular weight excluding hydrogens is 213 g/mol. The van der Waals surface area contributed by atoms with Crippen molar-refractivity contribution in [2.45, 2.75) is 19.8 Å². The van der Waals surface area contributed by atoms with Gasteiger partial charge in [0.1, 0.15) is 5.75 Å². The second kappa shape index (κ2) is 3.93. The summed E-state index contributed by atoms with van der Waals surface area (Å²) in [6.07, 6.45) is -4.80. The van der Waals surface area contributed by atoms with E-state index in [0.29, 0.717) is 0 Å². The van der Waals surface area contributed by atoms with Crippen LogP contribution in [0.25, 0.3) is 0 Å². The maximum atomic E-state index is 11.9. The molecule has 1 rings (SSSR count). The van der Waals surface area contributed by atoms with Crippen LogP contribution in [0, 0.1) is 6.92 Å². The summed E-state index contributed by atoms with van der Waals surface area (Å²) in [6, 6.07) is 1.12. The minimum Gasteiger partial charge on any atom is -0.506 e. The predicted molar refractivity (Wildman–Crippen MR) is 45.2 cm³/mol. The van der Waals surface area contributed by atoms with Gasteiger partial charge in [-0.25, -0.2) is 4.98 Å². The van der Waals surface area contributed by atoms with Crippen LogP contribution in [0.1, 0.15) is 11.3 Å². The first kappa shape index (κ1) is 11.6. The number of ether oxygens (including phenoxy) is 1. The van der Waals surface area contributed by atoms with Crippen LogP contribution >= 0.6 is 0 Å². The van der Waals surface area contributed by atoms with Gasteiger partial charge in [-0.2, -0.15) is 0 Å². The Morgan fingerprint density at radius 2 is 2.13 bits per heavy atom. The fourth-order valence-corrected chi connectivity index (χ4v) is 0.981. The smallest absolute Gasteiger partial charge is 0.506 e. The summed E-state index contributed by atoms with van der Waals surface area (Å²) in [5.74, 6) is -0.842. The van der Waals surface area contributed by atoms with Crippen molar-refractivity contribution in [3.63, 3.8) is 0 Å². The Morgan fingerprint density at radius 3 is 2.60 bits per heavy atom. The Morgan fingerprint density at radius 1 is 1.53 bits per heavy atom. The molecule has 0 saturated carbocycles. The number of rotatable bonds is 2. The number of hydrogen-bond acceptors (Lipinski definition) is 4. The summed E-state index contributed by atoms with van der Waals surface area (Å²) in [5.41, 5.74) is 5.22. The van der Waals surface area contributed by atoms with Crippen molar-refractivity contribution in [3.05, 3.63) is 17.3 Å². The van der Waals surface area contributed by atoms with Gasteiger partial charge in [-0.05, 0) is 13.0 Å². The molecule has 0 bridgehead atoms. The van der Waals surface area contributed by atoms with Gasteiger partial charge in [0.2, 0.25) is 5.88 Å². The molecular formula is C8H9F3N2O2. The zero-order chi connectivity index (χ0) is 11.6. The van der Waals surface area contributed by atoms with Crippen LogP contribution in [0.15, 0.2) is 6.07 Å². The van der Waals surface area contributed by atoms with Gasteiger partial charge in [0.15, 0.2) is 0 Å². The number of aryl methyl sites for hydroxylation is 1. The van der Waals surface area contributed by atoms with E-state index >= 15 is 0 Å². The normalized spacial score (nSPS) is 11.5. The van der Waals surface area contributed by atoms with Crippen molar-refractivity contribution in [1.82, 2.24) is 4.98 Å². The zero-order valence-corrected chi connectivity index (χ0v) is 7.80. The summed E-state index contributed by atoms with van der Waals surface area (Å²) >= 11 is 0. The van der Waals surface area contributed by atoms with Crippen LogP contribution in [0.2, 0.25) is 0 Å². The Bertz CT molecular complexity index is 366. The molecule has 0 radical (unpaired) electrons. The number of aromatic nitrogens is 1. The molecule has 1 aromatic heterocycles. The second-order valence-corrected chi connectivity index (χ2v) is 2.83. The maximum absolute atomic E-state index is 11.9. The summed E-state index contributed by atoms with van der Waals surface area (Å²) in [6.45, 7) is 1.18. The van der Waals surface area contributed by atoms with Gasteiger partial charge in [0.25, 0.3) is 0 Å². The SMILES string of the molecule is Cc1cc(O)c(CN)nc1OC(F)(F)F. The molecule has 0 aliphatic carbocycles. The van der Waals surface area contributed by atoms with E-state index in [-0.39, 0.29) is 23.6 Å². The number of hydrogen-bond donors (Lipinski definition) is 2. The van der Waals surface area contributed by atoms with Crippen LogP contribution in [0.4, 0.5) is 13.2 Å². The molecule has 0 aromatic carbocycles. The quantitative estimate of drug-likeness (QED) is 0.794. The molecule has 0 spiro atoms. The highest BCUT2D eigenvalue weighted by molar-refractivity contribution is 5.37. The topological polar surface area (TPSA) is 68.4 Å². The van der Waals surface area contributed by atoms with Gasteiger partial charge in [0.05, 0.1) is 5.69 Å². The van der Waals surface area contributed by atoms with E-state index in [1.54, 1.807) is 0 Å². The van der Waals surface area contributed by atoms with Crippen molar-refractivity contribution in [2.75, 3.05) is 0 Å². The van der Waals surface area contributed by atoms with E-state index < -0.39 is 12.2 Å². The first-order chi connectivity index (χ1) is 6.83. The monoisotopic (exact) mass is 222 g/mol. The highest BCUT2D eigenvalue weighted by Crippen LogP contribution is 2.28. The predicted octanol–water partition coefficient (Wildman–Crippen LogP) is 1.45. The van der Waals surface area contributed by atoms with E-state index in [9.17, 15) is 18.3 Å². The van der Waals surface area contributed by atoms with E-state index in [4.69, 9.17) is 5.73 Å². The van der Waals surface area contributed by atoms with E-state index in [1.807, 2.05) is 0 Å². The summed E-state index contributed by atoms with van der Waals surface area (Å²) in [7, 11) is 0. The molecule has 0 saturated heterocycles. The molecule has 7 heteroatoms. The van der Waals surface area contributed by atoms with Gasteiger partial charge in [0, 0.05) is 12.1 Å². The van der Waals surface area contributed by atoms with Gasteiger partial charge >= 0.3 is 6.36 Å². The number of pyridine rings is 1. The van der Waals surface area contributed by atoms with Crippen LogP contribution in [-0.4, -0.2) is 16.5 Å². The van der Waals surface area contributed by atoms with Gasteiger partial charge in [-0.1, -0.05) is 0 Å². The first-order valence-corrected chi connectivity index (χ1v) is 3.99. The average Bonchev–Trinajstić information content (AvgIpc) is 2.07. The lowest BCUT2D eigenvalue weighted by Crippen LogP contribution is -2.19. The van der Waals surface area contributed by atoms with E-state index in [1.165, 1.54) is 6.92 Å². The highest BCUT2D eigenvalue weighted by atomic mass is 19.4. The number of halogens is 3. The van der Waals surface area contributed by atoms with Crippen LogP contribution in [0.5, 0.6) is 11.6 Å². The molecule has 1 heterocycles. The third kappa shape index (κ3) is 2.98. The zero-order valence-electron chi connectivity index (χ0n) is 7.80. The van der Waals surface area contributed by atoms with E-state index in [2.05, 4.69) is 9.72 Å². The Kier molecular flexibility index (Phi) is 3.04. The van der Waals surface area contributed by atoms with Gasteiger partial charge in [-0.3, -0.25) is 0 Å². The Hall–Kier alpha value is -1.50. The molecule has 0 amide bonds. The Balaban J connectivity index is 3.08. The number of alkyl halides is 3. The Labute approximate surface area is 83.5 Å². The van der Waals surface area contributed by atoms with E-state index in [0.717, 1.165) is 6.07 Å². The summed E-state index contributed by atoms with van der Waals surface area (Å²) in [4.78, 5) is 3.46. The fourth-order valence-electron chi connectivity index (χ4n) is 0.981. The number of nitrogens with two attached hydrogens (primary N) is 1. The molecule has 0 aliphatic rings. The first-order valence-electron chi connectivity index (χ1n) is 3.99. The lowest BCUT2D eigenvalue weighted by molar-refractivity contribution is -0.276. The molecule has 0 unspecified atom stereocenters. The molecule has 3 N–H and O–H groups in total. The molecule has 84 valence electrons. The minimum atomic E-state index is -4.80. The molecule has 0 fully saturated rings. The largest absolute Gasteiger partial charge is 0.574 e. The van der Waals surface area contributed by atoms with Crippen molar-refractivity contribution in [2.24, 2.45) is 5.73 Å². The highest BCUT2D eigenvalue weighted by Gasteiger charge is 2.32. The van der Waals surface area contributed by atoms with Gasteiger partial charge in [-0.15, -0.1) is 13.2 Å². The molecule has 0 atom stereocenters. The average molecular weight is 222 g/mol. The third-order valence-corrected chi connectivity index (χ3v) is 1.63. The van der Waals surface area contributed by atoms with Gasteiger partial charge < -0.3 is 15.6 Å². The molecule has 15 heavy (non-hydrogen) atoms. The lowest BCUT2D eigenvalue weighted by atomic mass is 10.2. The lowest BCUT2D eigenvalue weighted by Gasteiger charge is -2.11. The summed E-state index contributed by atoms with van der Waals surface area (Å²) < 4.78 is 39.4. The summed E-state index contributed by atoms with van der Waals surface area (Å²) in [5, 5.41) is 9.23. The molecule has 1 aromatic rings. The van der Waals surface area contributed by atoms with Crippen LogP contribution < -0.4 is 10.5 Å². The van der Waals surface area contributed by atoms with Crippen LogP contribution in [-0.2, 0) is 6.54 Å². The third-order valence-electron chi connectivity index (χ3n) is 1.63. The molecule has 4 nitrogen and oxygen atoms in total. The maximum Gasteiger partial charge on any atom is 0.574 e. The fraction of sp³-hybridized carbons (Fsp3) is 0.375. The standard InChI is InChI=1S/C8H9F3N2O2/c1-4-2-6(14)5(3-12)13-7(4)15-8(9,10)11/h2,14H,3,12H2,1H3.